The Bertz CT molecular complexity index is 969. The van der Waals surface area contributed by atoms with Gasteiger partial charge >= 0.3 is 0 Å². The van der Waals surface area contributed by atoms with Crippen LogP contribution in [0.2, 0.25) is 0 Å². The average Bonchev–Trinajstić information content (AvgIpc) is 3.12. The molecule has 0 aliphatic carbocycles. The van der Waals surface area contributed by atoms with Crippen molar-refractivity contribution in [2.75, 3.05) is 24.4 Å². The Labute approximate surface area is 170 Å². The molecule has 2 aromatic carbocycles. The van der Waals surface area contributed by atoms with Crippen molar-refractivity contribution < 1.29 is 17.6 Å². The van der Waals surface area contributed by atoms with Crippen LogP contribution in [0, 0.1) is 18.7 Å². The SMILES string of the molecule is Cc1ccc(S(=O)(=O)Nc2cccc(C(=O)N3CCC(CN)C3)c2)cc1F.Cl. The summed E-state index contributed by atoms with van der Waals surface area (Å²) in [4.78, 5) is 14.2. The van der Waals surface area contributed by atoms with E-state index >= 15 is 0 Å². The Balaban J connectivity index is 0.00000280. The number of nitrogens with two attached hydrogens (primary N) is 1. The van der Waals surface area contributed by atoms with Gasteiger partial charge in [-0.25, -0.2) is 12.8 Å². The molecule has 0 radical (unpaired) electrons. The van der Waals surface area contributed by atoms with Crippen LogP contribution in [0.25, 0.3) is 0 Å². The summed E-state index contributed by atoms with van der Waals surface area (Å²) in [6, 6.07) is 10.0. The smallest absolute Gasteiger partial charge is 0.261 e. The van der Waals surface area contributed by atoms with Crippen LogP contribution in [-0.2, 0) is 10.0 Å². The molecule has 0 aromatic heterocycles. The van der Waals surface area contributed by atoms with Crippen molar-refractivity contribution in [3.8, 4) is 0 Å². The number of sulfonamides is 1. The molecule has 0 bridgehead atoms. The molecule has 1 fully saturated rings. The second kappa shape index (κ2) is 8.89. The predicted octanol–water partition coefficient (Wildman–Crippen LogP) is 2.78. The topological polar surface area (TPSA) is 92.5 Å². The molecule has 1 amide bonds. The van der Waals surface area contributed by atoms with Gasteiger partial charge in [0.1, 0.15) is 5.82 Å². The van der Waals surface area contributed by atoms with Crippen molar-refractivity contribution in [3.63, 3.8) is 0 Å². The van der Waals surface area contributed by atoms with Gasteiger partial charge in [0.05, 0.1) is 4.90 Å². The lowest BCUT2D eigenvalue weighted by molar-refractivity contribution is 0.0787. The first kappa shape index (κ1) is 22.1. The molecular weight excluding hydrogens is 405 g/mol. The highest BCUT2D eigenvalue weighted by molar-refractivity contribution is 7.92. The molecule has 1 atom stereocenters. The van der Waals surface area contributed by atoms with Crippen LogP contribution in [-0.4, -0.2) is 38.9 Å². The lowest BCUT2D eigenvalue weighted by Gasteiger charge is -2.17. The summed E-state index contributed by atoms with van der Waals surface area (Å²) in [7, 11) is -3.96. The van der Waals surface area contributed by atoms with Crippen LogP contribution >= 0.6 is 12.4 Å². The van der Waals surface area contributed by atoms with E-state index in [-0.39, 0.29) is 28.9 Å². The molecule has 9 heteroatoms. The van der Waals surface area contributed by atoms with Gasteiger partial charge in [-0.15, -0.1) is 12.4 Å². The van der Waals surface area contributed by atoms with Gasteiger partial charge in [-0.3, -0.25) is 9.52 Å². The average molecular weight is 428 g/mol. The number of benzene rings is 2. The van der Waals surface area contributed by atoms with Crippen molar-refractivity contribution in [1.29, 1.82) is 0 Å². The lowest BCUT2D eigenvalue weighted by atomic mass is 10.1. The van der Waals surface area contributed by atoms with E-state index in [9.17, 15) is 17.6 Å². The zero-order chi connectivity index (χ0) is 19.6. The van der Waals surface area contributed by atoms with Crippen molar-refractivity contribution in [1.82, 2.24) is 4.90 Å². The quantitative estimate of drug-likeness (QED) is 0.767. The van der Waals surface area contributed by atoms with Gasteiger partial charge in [0.2, 0.25) is 0 Å². The molecule has 1 unspecified atom stereocenters. The van der Waals surface area contributed by atoms with Crippen molar-refractivity contribution in [2.24, 2.45) is 11.7 Å². The summed E-state index contributed by atoms with van der Waals surface area (Å²) in [6.45, 7) is 3.34. The summed E-state index contributed by atoms with van der Waals surface area (Å²) in [5.74, 6) is -0.453. The molecule has 3 rings (SSSR count). The number of carbonyl (C=O) groups excluding carboxylic acids is 1. The zero-order valence-electron chi connectivity index (χ0n) is 15.4. The van der Waals surface area contributed by atoms with E-state index in [4.69, 9.17) is 5.73 Å². The fourth-order valence-corrected chi connectivity index (χ4v) is 4.12. The second-order valence-electron chi connectivity index (χ2n) is 6.74. The summed E-state index contributed by atoms with van der Waals surface area (Å²) in [5, 5.41) is 0. The summed E-state index contributed by atoms with van der Waals surface area (Å²) < 4.78 is 41.1. The number of hydrogen-bond donors (Lipinski definition) is 2. The van der Waals surface area contributed by atoms with Crippen LogP contribution in [0.5, 0.6) is 0 Å². The van der Waals surface area contributed by atoms with Gasteiger partial charge < -0.3 is 10.6 Å². The molecule has 6 nitrogen and oxygen atoms in total. The number of carbonyl (C=O) groups is 1. The highest BCUT2D eigenvalue weighted by Crippen LogP contribution is 2.22. The van der Waals surface area contributed by atoms with E-state index in [1.54, 1.807) is 30.0 Å². The number of rotatable bonds is 5. The van der Waals surface area contributed by atoms with E-state index < -0.39 is 15.8 Å². The van der Waals surface area contributed by atoms with Gasteiger partial charge in [-0.1, -0.05) is 12.1 Å². The predicted molar refractivity (Wildman–Crippen MR) is 109 cm³/mol. The first-order chi connectivity index (χ1) is 12.8. The zero-order valence-corrected chi connectivity index (χ0v) is 17.0. The number of anilines is 1. The molecule has 28 heavy (non-hydrogen) atoms. The largest absolute Gasteiger partial charge is 0.338 e. The Morgan fingerprint density at radius 3 is 2.68 bits per heavy atom. The minimum atomic E-state index is -3.96. The Morgan fingerprint density at radius 1 is 1.29 bits per heavy atom. The number of nitrogens with one attached hydrogen (secondary N) is 1. The van der Waals surface area contributed by atoms with Crippen LogP contribution in [0.3, 0.4) is 0 Å². The maximum Gasteiger partial charge on any atom is 0.261 e. The van der Waals surface area contributed by atoms with Gasteiger partial charge in [-0.2, -0.15) is 0 Å². The van der Waals surface area contributed by atoms with Gasteiger partial charge in [-0.05, 0) is 61.7 Å². The third-order valence-corrected chi connectivity index (χ3v) is 6.10. The standard InChI is InChI=1S/C19H22FN3O3S.ClH/c1-13-5-6-17(10-18(13)20)27(25,26)22-16-4-2-3-15(9-16)19(24)23-8-7-14(11-21)12-23;/h2-6,9-10,14,22H,7-8,11-12,21H2,1H3;1H. The molecule has 1 aliphatic rings. The Hall–Kier alpha value is -2.16. The van der Waals surface area contributed by atoms with E-state index in [0.717, 1.165) is 12.5 Å². The molecule has 0 saturated carbocycles. The molecule has 2 aromatic rings. The maximum absolute atomic E-state index is 13.7. The summed E-state index contributed by atoms with van der Waals surface area (Å²) in [6.07, 6.45) is 0.869. The van der Waals surface area contributed by atoms with Crippen LogP contribution in [0.1, 0.15) is 22.3 Å². The Kier molecular flexibility index (Phi) is 7.03. The van der Waals surface area contributed by atoms with E-state index in [1.807, 2.05) is 0 Å². The van der Waals surface area contributed by atoms with Gasteiger partial charge in [0.25, 0.3) is 15.9 Å². The molecule has 152 valence electrons. The van der Waals surface area contributed by atoms with Crippen molar-refractivity contribution >= 4 is 34.0 Å². The fourth-order valence-electron chi connectivity index (χ4n) is 3.06. The highest BCUT2D eigenvalue weighted by Gasteiger charge is 2.26. The lowest BCUT2D eigenvalue weighted by Crippen LogP contribution is -2.29. The summed E-state index contributed by atoms with van der Waals surface area (Å²) >= 11 is 0. The third-order valence-electron chi connectivity index (χ3n) is 4.72. The molecule has 0 spiro atoms. The minimum absolute atomic E-state index is 0. The number of halogens is 2. The second-order valence-corrected chi connectivity index (χ2v) is 8.42. The first-order valence-electron chi connectivity index (χ1n) is 8.68. The van der Waals surface area contributed by atoms with Gasteiger partial charge in [0, 0.05) is 24.3 Å². The molecule has 1 saturated heterocycles. The monoisotopic (exact) mass is 427 g/mol. The van der Waals surface area contributed by atoms with E-state index in [2.05, 4.69) is 4.72 Å². The van der Waals surface area contributed by atoms with E-state index in [0.29, 0.717) is 36.7 Å². The molecule has 3 N–H and O–H groups in total. The number of hydrogen-bond acceptors (Lipinski definition) is 4. The van der Waals surface area contributed by atoms with Crippen LogP contribution in [0.15, 0.2) is 47.4 Å². The normalized spacial score (nSPS) is 16.5. The minimum Gasteiger partial charge on any atom is -0.338 e. The Morgan fingerprint density at radius 2 is 2.04 bits per heavy atom. The van der Waals surface area contributed by atoms with Crippen LogP contribution < -0.4 is 10.5 Å². The molecular formula is C19H23ClFN3O3S. The van der Waals surface area contributed by atoms with Gasteiger partial charge in [0.15, 0.2) is 0 Å². The maximum atomic E-state index is 13.7. The third kappa shape index (κ3) is 4.81. The highest BCUT2D eigenvalue weighted by atomic mass is 35.5. The van der Waals surface area contributed by atoms with Crippen molar-refractivity contribution in [2.45, 2.75) is 18.2 Å². The molecule has 1 heterocycles. The first-order valence-corrected chi connectivity index (χ1v) is 10.2. The number of likely N-dealkylation sites (tertiary alicyclic amines) is 1. The summed E-state index contributed by atoms with van der Waals surface area (Å²) in [5.41, 5.74) is 6.66. The van der Waals surface area contributed by atoms with Crippen molar-refractivity contribution in [3.05, 3.63) is 59.4 Å². The number of amides is 1. The molecule has 1 aliphatic heterocycles. The van der Waals surface area contributed by atoms with E-state index in [1.165, 1.54) is 18.2 Å². The number of nitrogens with zero attached hydrogens (tertiary/aromatic N) is 1. The van der Waals surface area contributed by atoms with Crippen LogP contribution in [0.4, 0.5) is 10.1 Å². The fraction of sp³-hybridized carbons (Fsp3) is 0.316. The number of aryl methyl sites for hydroxylation is 1.